The average Bonchev–Trinajstić information content (AvgIpc) is 2.83. The number of methoxy groups -OCH3 is 1. The molecule has 0 saturated heterocycles. The first-order chi connectivity index (χ1) is 16.3. The molecule has 0 aliphatic heterocycles. The monoisotopic (exact) mass is 470 g/mol. The highest BCUT2D eigenvalue weighted by Crippen LogP contribution is 2.20. The van der Waals surface area contributed by atoms with Crippen LogP contribution in [-0.4, -0.2) is 27.1 Å². The average molecular weight is 471 g/mol. The lowest BCUT2D eigenvalue weighted by atomic mass is 10.1. The summed E-state index contributed by atoms with van der Waals surface area (Å²) in [6.07, 6.45) is 25.0. The molecule has 0 aliphatic carbocycles. The van der Waals surface area contributed by atoms with Crippen LogP contribution in [0.3, 0.4) is 0 Å². The summed E-state index contributed by atoms with van der Waals surface area (Å²) in [5, 5.41) is 0. The quantitative estimate of drug-likeness (QED) is 0.0680. The van der Waals surface area contributed by atoms with Crippen molar-refractivity contribution in [1.82, 2.24) is 0 Å². The van der Waals surface area contributed by atoms with Crippen LogP contribution in [0.15, 0.2) is 11.7 Å². The molecule has 198 valence electrons. The van der Waals surface area contributed by atoms with Crippen molar-refractivity contribution in [3.63, 3.8) is 0 Å². The molecule has 4 nitrogen and oxygen atoms in total. The topological polar surface area (TPSA) is 36.9 Å². The van der Waals surface area contributed by atoms with E-state index in [-0.39, 0.29) is 6.79 Å². The first-order valence-corrected chi connectivity index (χ1v) is 14.4. The molecule has 0 fully saturated rings. The van der Waals surface area contributed by atoms with E-state index in [1.807, 2.05) is 0 Å². The van der Waals surface area contributed by atoms with Crippen LogP contribution in [0.25, 0.3) is 0 Å². The minimum absolute atomic E-state index is 0.201. The zero-order chi connectivity index (χ0) is 24.2. The van der Waals surface area contributed by atoms with Gasteiger partial charge in [-0.2, -0.15) is 0 Å². The van der Waals surface area contributed by atoms with Gasteiger partial charge < -0.3 is 18.9 Å². The Kier molecular flexibility index (Phi) is 26.6. The molecule has 0 aromatic heterocycles. The van der Waals surface area contributed by atoms with Crippen LogP contribution in [0.4, 0.5) is 0 Å². The maximum atomic E-state index is 6.23. The van der Waals surface area contributed by atoms with Crippen molar-refractivity contribution in [2.24, 2.45) is 0 Å². The largest absolute Gasteiger partial charge is 0.491 e. The normalized spacial score (nSPS) is 12.0. The minimum Gasteiger partial charge on any atom is -0.491 e. The Morgan fingerprint density at radius 3 is 1.36 bits per heavy atom. The smallest absolute Gasteiger partial charge is 0.321 e. The Hall–Kier alpha value is -0.900. The van der Waals surface area contributed by atoms with E-state index in [1.54, 1.807) is 7.11 Å². The summed E-state index contributed by atoms with van der Waals surface area (Å²) in [5.74, 6) is 1.44. The summed E-state index contributed by atoms with van der Waals surface area (Å²) in [6.45, 7) is 8.42. The molecule has 0 rings (SSSR count). The third-order valence-electron chi connectivity index (χ3n) is 6.05. The standard InChI is InChI=1S/C29H58O4/c1-5-8-11-14-16-19-22-25-31-28(24-21-18-13-10-7-3)29(33-27-30-4)32-26-23-20-17-15-12-9-6-2/h5-27H2,1-4H3. The van der Waals surface area contributed by atoms with Gasteiger partial charge in [0, 0.05) is 13.5 Å². The molecule has 0 bridgehead atoms. The Labute approximate surface area is 207 Å². The summed E-state index contributed by atoms with van der Waals surface area (Å²) in [4.78, 5) is 0. The Morgan fingerprint density at radius 1 is 0.455 bits per heavy atom. The highest BCUT2D eigenvalue weighted by atomic mass is 16.7. The van der Waals surface area contributed by atoms with E-state index >= 15 is 0 Å². The number of allylic oxidation sites excluding steroid dienone is 1. The Bertz CT molecular complexity index is 408. The Balaban J connectivity index is 4.57. The summed E-state index contributed by atoms with van der Waals surface area (Å²) >= 11 is 0. The van der Waals surface area contributed by atoms with Crippen LogP contribution >= 0.6 is 0 Å². The molecule has 0 N–H and O–H groups in total. The summed E-state index contributed by atoms with van der Waals surface area (Å²) < 4.78 is 23.3. The molecule has 0 saturated carbocycles. The molecule has 4 heteroatoms. The van der Waals surface area contributed by atoms with E-state index in [0.717, 1.165) is 38.0 Å². The predicted octanol–water partition coefficient (Wildman–Crippen LogP) is 9.67. The van der Waals surface area contributed by atoms with Gasteiger partial charge in [0.05, 0.1) is 13.2 Å². The fourth-order valence-corrected chi connectivity index (χ4v) is 3.92. The first-order valence-electron chi connectivity index (χ1n) is 14.4. The van der Waals surface area contributed by atoms with Crippen molar-refractivity contribution >= 4 is 0 Å². The lowest BCUT2D eigenvalue weighted by Crippen LogP contribution is -2.09. The molecule has 0 spiro atoms. The fraction of sp³-hybridized carbons (Fsp3) is 0.931. The van der Waals surface area contributed by atoms with Gasteiger partial charge in [-0.05, 0) is 19.3 Å². The zero-order valence-electron chi connectivity index (χ0n) is 22.9. The number of ether oxygens (including phenoxy) is 4. The number of hydrogen-bond donors (Lipinski definition) is 0. The number of unbranched alkanes of at least 4 members (excludes halogenated alkanes) is 16. The maximum absolute atomic E-state index is 6.23. The molecule has 0 aromatic carbocycles. The number of hydrogen-bond acceptors (Lipinski definition) is 4. The van der Waals surface area contributed by atoms with Crippen LogP contribution in [0.1, 0.15) is 149 Å². The predicted molar refractivity (Wildman–Crippen MR) is 141 cm³/mol. The van der Waals surface area contributed by atoms with Gasteiger partial charge in [0.25, 0.3) is 0 Å². The SMILES string of the molecule is CCCCCCCCCOC(CCCCCCC)=C(OCCCCCCCCC)OCOC. The van der Waals surface area contributed by atoms with E-state index in [4.69, 9.17) is 18.9 Å². The zero-order valence-corrected chi connectivity index (χ0v) is 22.9. The lowest BCUT2D eigenvalue weighted by Gasteiger charge is -2.17. The second-order valence-corrected chi connectivity index (χ2v) is 9.37. The van der Waals surface area contributed by atoms with Gasteiger partial charge in [0.15, 0.2) is 12.6 Å². The lowest BCUT2D eigenvalue weighted by molar-refractivity contribution is -0.0692. The molecular formula is C29H58O4. The molecule has 0 aliphatic rings. The van der Waals surface area contributed by atoms with Crippen molar-refractivity contribution in [2.75, 3.05) is 27.1 Å². The van der Waals surface area contributed by atoms with E-state index in [2.05, 4.69) is 20.8 Å². The van der Waals surface area contributed by atoms with Crippen molar-refractivity contribution in [3.05, 3.63) is 11.7 Å². The van der Waals surface area contributed by atoms with Crippen LogP contribution in [0.5, 0.6) is 0 Å². The third-order valence-corrected chi connectivity index (χ3v) is 6.05. The molecule has 0 atom stereocenters. The van der Waals surface area contributed by atoms with Gasteiger partial charge >= 0.3 is 5.95 Å². The molecule has 33 heavy (non-hydrogen) atoms. The van der Waals surface area contributed by atoms with E-state index < -0.39 is 0 Å². The molecule has 0 unspecified atom stereocenters. The second kappa shape index (κ2) is 27.3. The summed E-state index contributed by atoms with van der Waals surface area (Å²) in [6, 6.07) is 0. The maximum Gasteiger partial charge on any atom is 0.321 e. The van der Waals surface area contributed by atoms with E-state index in [0.29, 0.717) is 12.6 Å². The molecular weight excluding hydrogens is 412 g/mol. The minimum atomic E-state index is 0.201. The summed E-state index contributed by atoms with van der Waals surface area (Å²) in [7, 11) is 1.65. The van der Waals surface area contributed by atoms with Gasteiger partial charge in [-0.1, -0.05) is 124 Å². The van der Waals surface area contributed by atoms with Crippen molar-refractivity contribution < 1.29 is 18.9 Å². The van der Waals surface area contributed by atoms with Crippen LogP contribution < -0.4 is 0 Å². The second-order valence-electron chi connectivity index (χ2n) is 9.37. The van der Waals surface area contributed by atoms with Crippen LogP contribution in [0, 0.1) is 0 Å². The first kappa shape index (κ1) is 32.1. The van der Waals surface area contributed by atoms with Gasteiger partial charge in [0.1, 0.15) is 0 Å². The number of rotatable bonds is 27. The molecule has 0 radical (unpaired) electrons. The molecule has 0 aromatic rings. The highest BCUT2D eigenvalue weighted by molar-refractivity contribution is 4.95. The van der Waals surface area contributed by atoms with E-state index in [1.165, 1.54) is 103 Å². The van der Waals surface area contributed by atoms with Gasteiger partial charge in [0.2, 0.25) is 0 Å². The fourth-order valence-electron chi connectivity index (χ4n) is 3.92. The van der Waals surface area contributed by atoms with E-state index in [9.17, 15) is 0 Å². The van der Waals surface area contributed by atoms with Crippen molar-refractivity contribution in [1.29, 1.82) is 0 Å². The van der Waals surface area contributed by atoms with Gasteiger partial charge in [-0.25, -0.2) is 0 Å². The van der Waals surface area contributed by atoms with Crippen molar-refractivity contribution in [3.8, 4) is 0 Å². The Morgan fingerprint density at radius 2 is 0.879 bits per heavy atom. The van der Waals surface area contributed by atoms with Crippen molar-refractivity contribution in [2.45, 2.75) is 149 Å². The van der Waals surface area contributed by atoms with Crippen LogP contribution in [0.2, 0.25) is 0 Å². The van der Waals surface area contributed by atoms with Gasteiger partial charge in [-0.15, -0.1) is 0 Å². The summed E-state index contributed by atoms with van der Waals surface area (Å²) in [5.41, 5.74) is 0. The third kappa shape index (κ3) is 22.6. The molecule has 0 heterocycles. The van der Waals surface area contributed by atoms with Gasteiger partial charge in [-0.3, -0.25) is 0 Å². The molecule has 0 amide bonds. The van der Waals surface area contributed by atoms with Crippen LogP contribution in [-0.2, 0) is 18.9 Å². The highest BCUT2D eigenvalue weighted by Gasteiger charge is 2.13.